The van der Waals surface area contributed by atoms with Gasteiger partial charge in [0.25, 0.3) is 0 Å². The molecule has 0 radical (unpaired) electrons. The zero-order chi connectivity index (χ0) is 18.1. The molecule has 0 aromatic carbocycles. The summed E-state index contributed by atoms with van der Waals surface area (Å²) >= 11 is 0. The van der Waals surface area contributed by atoms with E-state index in [0.29, 0.717) is 17.1 Å². The van der Waals surface area contributed by atoms with Gasteiger partial charge in [0.2, 0.25) is 11.6 Å². The molecule has 7 nitrogen and oxygen atoms in total. The molecule has 0 atom stereocenters. The third kappa shape index (κ3) is 3.11. The van der Waals surface area contributed by atoms with Crippen LogP contribution in [0.2, 0.25) is 0 Å². The van der Waals surface area contributed by atoms with E-state index in [9.17, 15) is 13.2 Å². The molecule has 0 amide bonds. The van der Waals surface area contributed by atoms with Gasteiger partial charge in [0.15, 0.2) is 0 Å². The van der Waals surface area contributed by atoms with Crippen LogP contribution in [-0.4, -0.2) is 34.7 Å². The molecule has 1 aliphatic heterocycles. The molecular weight excluding hydrogens is 347 g/mol. The highest BCUT2D eigenvalue weighted by Gasteiger charge is 2.36. The highest BCUT2D eigenvalue weighted by molar-refractivity contribution is 5.73. The van der Waals surface area contributed by atoms with E-state index in [4.69, 9.17) is 0 Å². The average Bonchev–Trinajstić information content (AvgIpc) is 3.32. The lowest BCUT2D eigenvalue weighted by molar-refractivity contribution is -0.144. The normalized spacial score (nSPS) is 16.0. The number of aryl methyl sites for hydroxylation is 1. The molecule has 4 heterocycles. The molecule has 1 aliphatic rings. The minimum Gasteiger partial charge on any atom is -0.343 e. The van der Waals surface area contributed by atoms with Gasteiger partial charge in [0.05, 0.1) is 23.9 Å². The van der Waals surface area contributed by atoms with Crippen LogP contribution in [0.5, 0.6) is 0 Å². The second-order valence-electron chi connectivity index (χ2n) is 6.37. The first-order valence-corrected chi connectivity index (χ1v) is 8.62. The first-order valence-electron chi connectivity index (χ1n) is 8.62. The fraction of sp³-hybridized carbons (Fsp3) is 0.500. The number of aromatic amines is 2. The average molecular weight is 365 g/mol. The highest BCUT2D eigenvalue weighted by atomic mass is 19.4. The molecule has 0 fully saturated rings. The molecule has 3 aromatic rings. The maximum Gasteiger partial charge on any atom is 0.451 e. The van der Waals surface area contributed by atoms with Gasteiger partial charge in [-0.15, -0.1) is 0 Å². The topological polar surface area (TPSA) is 88.1 Å². The Hall–Kier alpha value is -2.65. The van der Waals surface area contributed by atoms with E-state index in [1.54, 1.807) is 6.20 Å². The molecule has 0 unspecified atom stereocenters. The van der Waals surface area contributed by atoms with E-state index in [1.165, 1.54) is 12.7 Å². The maximum atomic E-state index is 12.9. The Morgan fingerprint density at radius 2 is 1.85 bits per heavy atom. The summed E-state index contributed by atoms with van der Waals surface area (Å²) in [6.07, 6.45) is 4.79. The summed E-state index contributed by atoms with van der Waals surface area (Å²) in [4.78, 5) is 15.3. The molecular formula is C16H18F3N7. The van der Waals surface area contributed by atoms with Crippen LogP contribution >= 0.6 is 0 Å². The van der Waals surface area contributed by atoms with Gasteiger partial charge in [-0.05, 0) is 12.8 Å². The van der Waals surface area contributed by atoms with Crippen LogP contribution in [0.3, 0.4) is 0 Å². The number of imidazole rings is 2. The van der Waals surface area contributed by atoms with Gasteiger partial charge in [0.1, 0.15) is 11.5 Å². The maximum absolute atomic E-state index is 12.9. The molecule has 0 aliphatic carbocycles. The van der Waals surface area contributed by atoms with Gasteiger partial charge in [-0.25, -0.2) is 15.0 Å². The van der Waals surface area contributed by atoms with Crippen LogP contribution in [0.15, 0.2) is 12.5 Å². The third-order valence-electron chi connectivity index (χ3n) is 4.55. The van der Waals surface area contributed by atoms with E-state index in [1.807, 2.05) is 5.10 Å². The van der Waals surface area contributed by atoms with Crippen LogP contribution in [0.25, 0.3) is 22.9 Å². The Balaban J connectivity index is 1.85. The Morgan fingerprint density at radius 1 is 1.04 bits per heavy atom. The Morgan fingerprint density at radius 3 is 2.58 bits per heavy atom. The van der Waals surface area contributed by atoms with Crippen LogP contribution < -0.4 is 0 Å². The Kier molecular flexibility index (Phi) is 4.25. The molecule has 10 heteroatoms. The lowest BCUT2D eigenvalue weighted by Gasteiger charge is -2.10. The first-order chi connectivity index (χ1) is 12.5. The van der Waals surface area contributed by atoms with Gasteiger partial charge in [-0.2, -0.15) is 18.3 Å². The largest absolute Gasteiger partial charge is 0.451 e. The summed E-state index contributed by atoms with van der Waals surface area (Å²) in [5, 5.41) is 5.74. The molecule has 26 heavy (non-hydrogen) atoms. The number of hydrogen-bond donors (Lipinski definition) is 2. The molecule has 0 spiro atoms. The van der Waals surface area contributed by atoms with Crippen molar-refractivity contribution in [1.29, 1.82) is 0 Å². The lowest BCUT2D eigenvalue weighted by atomic mass is 10.1. The molecule has 3 aromatic heterocycles. The molecule has 0 saturated carbocycles. The number of hydrogen-bond acceptors (Lipinski definition) is 4. The van der Waals surface area contributed by atoms with E-state index >= 15 is 0 Å². The van der Waals surface area contributed by atoms with Crippen molar-refractivity contribution in [2.75, 3.05) is 0 Å². The number of halogens is 3. The molecule has 138 valence electrons. The molecule has 2 N–H and O–H groups in total. The van der Waals surface area contributed by atoms with E-state index in [0.717, 1.165) is 44.5 Å². The van der Waals surface area contributed by atoms with Gasteiger partial charge in [-0.3, -0.25) is 5.10 Å². The standard InChI is InChI=1S/C16H18F3N7/c17-16(18,19)15-23-14(24-25-15)12-13(10-8-20-9-21-10)26-7-5-3-1-2-4-6-11(26)22-12/h8-9H,1-7H2,(H,20,21)(H,23,24,25). The number of fused-ring (bicyclic) bond motifs is 1. The molecule has 0 saturated heterocycles. The van der Waals surface area contributed by atoms with Crippen molar-refractivity contribution in [3.8, 4) is 22.9 Å². The predicted molar refractivity (Wildman–Crippen MR) is 87.0 cm³/mol. The second-order valence-corrected chi connectivity index (χ2v) is 6.37. The summed E-state index contributed by atoms with van der Waals surface area (Å²) in [7, 11) is 0. The van der Waals surface area contributed by atoms with E-state index < -0.39 is 12.0 Å². The van der Waals surface area contributed by atoms with Crippen molar-refractivity contribution in [3.63, 3.8) is 0 Å². The van der Waals surface area contributed by atoms with Crippen molar-refractivity contribution >= 4 is 0 Å². The SMILES string of the molecule is FC(F)(F)c1nc(-c2nc3n(c2-c2cnc[nH]2)CCCCCCC3)n[nH]1. The minimum absolute atomic E-state index is 0.0565. The summed E-state index contributed by atoms with van der Waals surface area (Å²) in [5.41, 5.74) is 1.72. The van der Waals surface area contributed by atoms with Gasteiger partial charge >= 0.3 is 6.18 Å². The number of nitrogens with zero attached hydrogens (tertiary/aromatic N) is 5. The quantitative estimate of drug-likeness (QED) is 0.726. The number of alkyl halides is 3. The van der Waals surface area contributed by atoms with Gasteiger partial charge < -0.3 is 9.55 Å². The van der Waals surface area contributed by atoms with Crippen molar-refractivity contribution < 1.29 is 13.2 Å². The van der Waals surface area contributed by atoms with Crippen molar-refractivity contribution in [2.45, 2.75) is 51.2 Å². The lowest BCUT2D eigenvalue weighted by Crippen LogP contribution is -2.07. The van der Waals surface area contributed by atoms with Gasteiger partial charge in [0, 0.05) is 13.0 Å². The van der Waals surface area contributed by atoms with E-state index in [2.05, 4.69) is 29.6 Å². The zero-order valence-electron chi connectivity index (χ0n) is 14.0. The van der Waals surface area contributed by atoms with Crippen LogP contribution in [0.1, 0.15) is 43.8 Å². The fourth-order valence-corrected chi connectivity index (χ4v) is 3.32. The number of rotatable bonds is 2. The van der Waals surface area contributed by atoms with Crippen molar-refractivity contribution in [3.05, 3.63) is 24.2 Å². The zero-order valence-corrected chi connectivity index (χ0v) is 14.0. The van der Waals surface area contributed by atoms with Crippen molar-refractivity contribution in [1.82, 2.24) is 34.7 Å². The van der Waals surface area contributed by atoms with Crippen LogP contribution in [0.4, 0.5) is 13.2 Å². The minimum atomic E-state index is -4.58. The van der Waals surface area contributed by atoms with Gasteiger partial charge in [-0.1, -0.05) is 19.3 Å². The summed E-state index contributed by atoms with van der Waals surface area (Å²) in [6.45, 7) is 0.757. The number of aromatic nitrogens is 7. The monoisotopic (exact) mass is 365 g/mol. The van der Waals surface area contributed by atoms with Crippen LogP contribution in [0, 0.1) is 0 Å². The van der Waals surface area contributed by atoms with E-state index in [-0.39, 0.29) is 5.82 Å². The Bertz CT molecular complexity index is 876. The third-order valence-corrected chi connectivity index (χ3v) is 4.55. The fourth-order valence-electron chi connectivity index (χ4n) is 3.32. The smallest absolute Gasteiger partial charge is 0.343 e. The van der Waals surface area contributed by atoms with Crippen molar-refractivity contribution in [2.24, 2.45) is 0 Å². The summed E-state index contributed by atoms with van der Waals surface area (Å²) in [5.74, 6) is -0.330. The molecule has 0 bridgehead atoms. The summed E-state index contributed by atoms with van der Waals surface area (Å²) in [6, 6.07) is 0. The summed E-state index contributed by atoms with van der Waals surface area (Å²) < 4.78 is 40.8. The number of nitrogens with one attached hydrogen (secondary N) is 2. The second kappa shape index (κ2) is 6.58. The predicted octanol–water partition coefficient (Wildman–Crippen LogP) is 3.58. The Labute approximate surface area is 147 Å². The highest BCUT2D eigenvalue weighted by Crippen LogP contribution is 2.33. The molecule has 4 rings (SSSR count). The number of H-pyrrole nitrogens is 2. The first kappa shape index (κ1) is 16.8. The van der Waals surface area contributed by atoms with Crippen LogP contribution in [-0.2, 0) is 19.1 Å².